The van der Waals surface area contributed by atoms with Crippen LogP contribution in [0.15, 0.2) is 24.5 Å². The first-order valence-corrected chi connectivity index (χ1v) is 9.91. The van der Waals surface area contributed by atoms with Crippen molar-refractivity contribution in [3.8, 4) is 0 Å². The summed E-state index contributed by atoms with van der Waals surface area (Å²) in [6.45, 7) is 9.12. The van der Waals surface area contributed by atoms with E-state index < -0.39 is 0 Å². The first-order valence-electron chi connectivity index (χ1n) is 9.91. The van der Waals surface area contributed by atoms with Crippen LogP contribution in [0.25, 0.3) is 0 Å². The summed E-state index contributed by atoms with van der Waals surface area (Å²) in [6, 6.07) is 4.21. The average Bonchev–Trinajstić information content (AvgIpc) is 3.00. The Balaban J connectivity index is 1.30. The van der Waals surface area contributed by atoms with Crippen LogP contribution in [0.1, 0.15) is 31.2 Å². The molecular weight excluding hydrogens is 312 g/mol. The molecule has 0 saturated carbocycles. The SMILES string of the molecule is CN1CCN(C[C@H]2CCC[C@]3(CCN(Cc4cccnc4)C3)O2)CC1. The molecule has 3 fully saturated rings. The van der Waals surface area contributed by atoms with Crippen LogP contribution < -0.4 is 0 Å². The van der Waals surface area contributed by atoms with Crippen LogP contribution in [0.2, 0.25) is 0 Å². The summed E-state index contributed by atoms with van der Waals surface area (Å²) in [6.07, 6.45) is 9.24. The highest BCUT2D eigenvalue weighted by atomic mass is 16.5. The van der Waals surface area contributed by atoms with Gasteiger partial charge in [-0.05, 0) is 44.4 Å². The van der Waals surface area contributed by atoms with E-state index in [1.807, 2.05) is 18.5 Å². The van der Waals surface area contributed by atoms with Crippen molar-refractivity contribution < 1.29 is 4.74 Å². The van der Waals surface area contributed by atoms with Gasteiger partial charge in [-0.25, -0.2) is 0 Å². The van der Waals surface area contributed by atoms with Gasteiger partial charge in [0.2, 0.25) is 0 Å². The summed E-state index contributed by atoms with van der Waals surface area (Å²) in [5.41, 5.74) is 1.42. The molecule has 1 spiro atoms. The second-order valence-corrected chi connectivity index (χ2v) is 8.24. The van der Waals surface area contributed by atoms with E-state index >= 15 is 0 Å². The van der Waals surface area contributed by atoms with Crippen molar-refractivity contribution >= 4 is 0 Å². The Morgan fingerprint density at radius 3 is 2.84 bits per heavy atom. The zero-order valence-corrected chi connectivity index (χ0v) is 15.6. The quantitative estimate of drug-likeness (QED) is 0.832. The van der Waals surface area contributed by atoms with Crippen LogP contribution in [0, 0.1) is 0 Å². The second-order valence-electron chi connectivity index (χ2n) is 8.24. The van der Waals surface area contributed by atoms with Crippen LogP contribution in [-0.2, 0) is 11.3 Å². The lowest BCUT2D eigenvalue weighted by molar-refractivity contribution is -0.130. The topological polar surface area (TPSA) is 31.8 Å². The van der Waals surface area contributed by atoms with Gasteiger partial charge in [-0.1, -0.05) is 6.07 Å². The molecule has 0 unspecified atom stereocenters. The minimum Gasteiger partial charge on any atom is -0.369 e. The number of piperazine rings is 1. The van der Waals surface area contributed by atoms with Crippen LogP contribution >= 0.6 is 0 Å². The van der Waals surface area contributed by atoms with E-state index in [1.165, 1.54) is 57.4 Å². The first-order chi connectivity index (χ1) is 12.2. The molecule has 4 rings (SSSR count). The fourth-order valence-electron chi connectivity index (χ4n) is 4.68. The summed E-state index contributed by atoms with van der Waals surface area (Å²) >= 11 is 0. The molecule has 3 aliphatic rings. The van der Waals surface area contributed by atoms with Gasteiger partial charge in [0.25, 0.3) is 0 Å². The molecule has 0 radical (unpaired) electrons. The maximum Gasteiger partial charge on any atom is 0.0825 e. The fraction of sp³-hybridized carbons (Fsp3) is 0.750. The van der Waals surface area contributed by atoms with Gasteiger partial charge in [0, 0.05) is 64.8 Å². The predicted octanol–water partition coefficient (Wildman–Crippen LogP) is 1.84. The molecule has 2 atom stereocenters. The van der Waals surface area contributed by atoms with Gasteiger partial charge < -0.3 is 9.64 Å². The monoisotopic (exact) mass is 344 g/mol. The maximum atomic E-state index is 6.72. The lowest BCUT2D eigenvalue weighted by Gasteiger charge is -2.42. The lowest BCUT2D eigenvalue weighted by Crippen LogP contribution is -2.51. The van der Waals surface area contributed by atoms with Crippen molar-refractivity contribution in [3.05, 3.63) is 30.1 Å². The Labute approximate surface area is 152 Å². The number of aromatic nitrogens is 1. The number of likely N-dealkylation sites (N-methyl/N-ethyl adjacent to an activating group) is 1. The number of nitrogens with zero attached hydrogens (tertiary/aromatic N) is 4. The summed E-state index contributed by atoms with van der Waals surface area (Å²) in [4.78, 5) is 11.8. The molecule has 25 heavy (non-hydrogen) atoms. The number of hydrogen-bond donors (Lipinski definition) is 0. The molecule has 138 valence electrons. The second kappa shape index (κ2) is 7.70. The zero-order chi connectivity index (χ0) is 17.1. The van der Waals surface area contributed by atoms with Gasteiger partial charge in [0.15, 0.2) is 0 Å². The third-order valence-corrected chi connectivity index (χ3v) is 6.16. The largest absolute Gasteiger partial charge is 0.369 e. The van der Waals surface area contributed by atoms with Gasteiger partial charge in [0.05, 0.1) is 11.7 Å². The number of hydrogen-bond acceptors (Lipinski definition) is 5. The summed E-state index contributed by atoms with van der Waals surface area (Å²) in [5.74, 6) is 0. The minimum absolute atomic E-state index is 0.109. The number of likely N-dealkylation sites (tertiary alicyclic amines) is 1. The highest BCUT2D eigenvalue weighted by Crippen LogP contribution is 2.37. The Morgan fingerprint density at radius 2 is 2.04 bits per heavy atom. The molecule has 3 saturated heterocycles. The molecule has 0 aliphatic carbocycles. The molecule has 1 aromatic heterocycles. The summed E-state index contributed by atoms with van der Waals surface area (Å²) < 4.78 is 6.72. The van der Waals surface area contributed by atoms with E-state index in [-0.39, 0.29) is 5.60 Å². The van der Waals surface area contributed by atoms with Crippen LogP contribution in [0.4, 0.5) is 0 Å². The van der Waals surface area contributed by atoms with Gasteiger partial charge >= 0.3 is 0 Å². The zero-order valence-electron chi connectivity index (χ0n) is 15.6. The van der Waals surface area contributed by atoms with Crippen LogP contribution in [0.3, 0.4) is 0 Å². The molecule has 1 aromatic rings. The highest BCUT2D eigenvalue weighted by Gasteiger charge is 2.43. The number of pyridine rings is 1. The van der Waals surface area contributed by atoms with Gasteiger partial charge in [-0.15, -0.1) is 0 Å². The van der Waals surface area contributed by atoms with E-state index in [4.69, 9.17) is 4.74 Å². The highest BCUT2D eigenvalue weighted by molar-refractivity contribution is 5.09. The Hall–Kier alpha value is -1.01. The maximum absolute atomic E-state index is 6.72. The number of ether oxygens (including phenoxy) is 1. The molecule has 0 amide bonds. The van der Waals surface area contributed by atoms with Crippen molar-refractivity contribution in [2.75, 3.05) is 52.9 Å². The third kappa shape index (κ3) is 4.40. The van der Waals surface area contributed by atoms with Crippen molar-refractivity contribution in [3.63, 3.8) is 0 Å². The van der Waals surface area contributed by atoms with Gasteiger partial charge in [0.1, 0.15) is 0 Å². The molecule has 3 aliphatic heterocycles. The standard InChI is InChI=1S/C20H32N4O/c1-22-10-12-23(13-11-22)16-19-5-2-6-20(25-19)7-9-24(17-20)15-18-4-3-8-21-14-18/h3-4,8,14,19H,2,5-7,9-13,15-17H2,1H3/t19-,20-/m1/s1. The molecule has 0 bridgehead atoms. The Bertz CT molecular complexity index is 546. The summed E-state index contributed by atoms with van der Waals surface area (Å²) in [7, 11) is 2.22. The minimum atomic E-state index is 0.109. The first kappa shape index (κ1) is 17.4. The third-order valence-electron chi connectivity index (χ3n) is 6.16. The Morgan fingerprint density at radius 1 is 1.16 bits per heavy atom. The van der Waals surface area contributed by atoms with Gasteiger partial charge in [-0.2, -0.15) is 0 Å². The molecule has 5 heteroatoms. The van der Waals surface area contributed by atoms with E-state index in [1.54, 1.807) is 0 Å². The lowest BCUT2D eigenvalue weighted by atomic mass is 9.90. The summed E-state index contributed by atoms with van der Waals surface area (Å²) in [5, 5.41) is 0. The smallest absolute Gasteiger partial charge is 0.0825 e. The molecule has 0 aromatic carbocycles. The van der Waals surface area contributed by atoms with Gasteiger partial charge in [-0.3, -0.25) is 14.8 Å². The molecule has 5 nitrogen and oxygen atoms in total. The van der Waals surface area contributed by atoms with Crippen LogP contribution in [0.5, 0.6) is 0 Å². The predicted molar refractivity (Wildman–Crippen MR) is 99.5 cm³/mol. The van der Waals surface area contributed by atoms with Crippen molar-refractivity contribution in [1.82, 2.24) is 19.7 Å². The van der Waals surface area contributed by atoms with Crippen molar-refractivity contribution in [2.24, 2.45) is 0 Å². The fourth-order valence-corrected chi connectivity index (χ4v) is 4.68. The molecule has 0 N–H and O–H groups in total. The molecular formula is C20H32N4O. The normalized spacial score (nSPS) is 32.4. The van der Waals surface area contributed by atoms with E-state index in [0.29, 0.717) is 6.10 Å². The van der Waals surface area contributed by atoms with E-state index in [9.17, 15) is 0 Å². The Kier molecular flexibility index (Phi) is 5.36. The van der Waals surface area contributed by atoms with Crippen molar-refractivity contribution in [1.29, 1.82) is 0 Å². The van der Waals surface area contributed by atoms with E-state index in [0.717, 1.165) is 26.2 Å². The molecule has 4 heterocycles. The van der Waals surface area contributed by atoms with Crippen LogP contribution in [-0.4, -0.2) is 84.2 Å². The van der Waals surface area contributed by atoms with Crippen molar-refractivity contribution in [2.45, 2.75) is 43.9 Å². The average molecular weight is 345 g/mol. The van der Waals surface area contributed by atoms with E-state index in [2.05, 4.69) is 32.8 Å². The number of rotatable bonds is 4.